The van der Waals surface area contributed by atoms with Gasteiger partial charge in [-0.05, 0) is 18.6 Å². The van der Waals surface area contributed by atoms with Crippen molar-refractivity contribution in [2.24, 2.45) is 0 Å². The zero-order chi connectivity index (χ0) is 11.8. The lowest BCUT2D eigenvalue weighted by atomic mass is 10.3. The van der Waals surface area contributed by atoms with Crippen molar-refractivity contribution < 1.29 is 9.53 Å². The van der Waals surface area contributed by atoms with Gasteiger partial charge in [-0.25, -0.2) is 4.79 Å². The summed E-state index contributed by atoms with van der Waals surface area (Å²) in [5, 5.41) is 5.29. The van der Waals surface area contributed by atoms with Crippen molar-refractivity contribution in [2.75, 3.05) is 12.4 Å². The molecule has 1 aromatic carbocycles. The third-order valence-corrected chi connectivity index (χ3v) is 1.90. The molecule has 0 spiro atoms. The molecule has 0 fully saturated rings. The predicted octanol–water partition coefficient (Wildman–Crippen LogP) is 2.74. The maximum Gasteiger partial charge on any atom is 0.323 e. The Morgan fingerprint density at radius 3 is 3.00 bits per heavy atom. The zero-order valence-corrected chi connectivity index (χ0v) is 9.49. The Hall–Kier alpha value is -1.97. The van der Waals surface area contributed by atoms with Crippen LogP contribution in [0.25, 0.3) is 0 Å². The Balaban J connectivity index is 2.52. The van der Waals surface area contributed by atoms with E-state index in [9.17, 15) is 4.79 Å². The molecular weight excluding hydrogens is 204 g/mol. The Bertz CT molecular complexity index is 375. The van der Waals surface area contributed by atoms with Gasteiger partial charge in [-0.15, -0.1) is 0 Å². The third-order valence-electron chi connectivity index (χ3n) is 1.90. The van der Waals surface area contributed by atoms with Crippen LogP contribution in [0.15, 0.2) is 36.5 Å². The number of benzene rings is 1. The number of hydrogen-bond acceptors (Lipinski definition) is 2. The third kappa shape index (κ3) is 4.04. The lowest BCUT2D eigenvalue weighted by molar-refractivity contribution is 0.255. The molecule has 0 saturated carbocycles. The van der Waals surface area contributed by atoms with Crippen LogP contribution in [0, 0.1) is 0 Å². The van der Waals surface area contributed by atoms with E-state index in [0.29, 0.717) is 11.4 Å². The number of allylic oxidation sites excluding steroid dienone is 1. The number of amides is 2. The largest absolute Gasteiger partial charge is 0.497 e. The van der Waals surface area contributed by atoms with Gasteiger partial charge >= 0.3 is 6.03 Å². The first-order chi connectivity index (χ1) is 7.76. The summed E-state index contributed by atoms with van der Waals surface area (Å²) in [6, 6.07) is 6.92. The normalized spacial score (nSPS) is 10.1. The molecule has 0 aromatic heterocycles. The van der Waals surface area contributed by atoms with Crippen molar-refractivity contribution in [3.63, 3.8) is 0 Å². The number of carbonyl (C=O) groups excluding carboxylic acids is 1. The number of anilines is 1. The minimum absolute atomic E-state index is 0.266. The average Bonchev–Trinajstić information content (AvgIpc) is 2.29. The topological polar surface area (TPSA) is 50.4 Å². The maximum atomic E-state index is 11.4. The molecular formula is C12H16N2O2. The van der Waals surface area contributed by atoms with Crippen LogP contribution in [0.5, 0.6) is 5.75 Å². The van der Waals surface area contributed by atoms with Crippen molar-refractivity contribution in [3.05, 3.63) is 36.5 Å². The standard InChI is InChI=1S/C12H16N2O2/c1-3-4-8-13-12(15)14-10-6-5-7-11(9-10)16-2/h4-9H,3H2,1-2H3,(H2,13,14,15)/b8-4+. The van der Waals surface area contributed by atoms with E-state index in [1.807, 2.05) is 25.1 Å². The van der Waals surface area contributed by atoms with E-state index < -0.39 is 0 Å². The summed E-state index contributed by atoms with van der Waals surface area (Å²) >= 11 is 0. The van der Waals surface area contributed by atoms with Gasteiger partial charge in [0.15, 0.2) is 0 Å². The molecule has 2 N–H and O–H groups in total. The highest BCUT2D eigenvalue weighted by molar-refractivity contribution is 5.90. The first-order valence-electron chi connectivity index (χ1n) is 5.13. The van der Waals surface area contributed by atoms with Gasteiger partial charge in [0.25, 0.3) is 0 Å². The molecule has 0 atom stereocenters. The molecule has 2 amide bonds. The Morgan fingerprint density at radius 1 is 1.50 bits per heavy atom. The lowest BCUT2D eigenvalue weighted by Crippen LogP contribution is -2.23. The van der Waals surface area contributed by atoms with Crippen LogP contribution in [-0.4, -0.2) is 13.1 Å². The summed E-state index contributed by atoms with van der Waals surface area (Å²) in [6.07, 6.45) is 4.38. The molecule has 1 rings (SSSR count). The molecule has 16 heavy (non-hydrogen) atoms. The van der Waals surface area contributed by atoms with Gasteiger partial charge in [0.1, 0.15) is 5.75 Å². The van der Waals surface area contributed by atoms with E-state index in [1.54, 1.807) is 25.4 Å². The summed E-state index contributed by atoms with van der Waals surface area (Å²) < 4.78 is 5.05. The van der Waals surface area contributed by atoms with E-state index in [1.165, 1.54) is 0 Å². The van der Waals surface area contributed by atoms with Gasteiger partial charge < -0.3 is 15.4 Å². The average molecular weight is 220 g/mol. The smallest absolute Gasteiger partial charge is 0.323 e. The van der Waals surface area contributed by atoms with Crippen molar-refractivity contribution in [1.82, 2.24) is 5.32 Å². The Kier molecular flexibility index (Phi) is 4.92. The second kappa shape index (κ2) is 6.50. The SMILES string of the molecule is CC/C=C/NC(=O)Nc1cccc(OC)c1. The molecule has 0 radical (unpaired) electrons. The summed E-state index contributed by atoms with van der Waals surface area (Å²) in [4.78, 5) is 11.4. The fourth-order valence-corrected chi connectivity index (χ4v) is 1.12. The summed E-state index contributed by atoms with van der Waals surface area (Å²) in [7, 11) is 1.59. The Morgan fingerprint density at radius 2 is 2.31 bits per heavy atom. The van der Waals surface area contributed by atoms with Crippen LogP contribution in [-0.2, 0) is 0 Å². The number of hydrogen-bond donors (Lipinski definition) is 2. The number of urea groups is 1. The van der Waals surface area contributed by atoms with Crippen LogP contribution < -0.4 is 15.4 Å². The molecule has 0 aliphatic carbocycles. The number of rotatable bonds is 4. The van der Waals surface area contributed by atoms with E-state index in [0.717, 1.165) is 6.42 Å². The van der Waals surface area contributed by atoms with Crippen LogP contribution in [0.3, 0.4) is 0 Å². The first kappa shape index (κ1) is 12.1. The molecule has 1 aromatic rings. The molecule has 0 heterocycles. The van der Waals surface area contributed by atoms with Crippen molar-refractivity contribution in [3.8, 4) is 5.75 Å². The zero-order valence-electron chi connectivity index (χ0n) is 9.49. The molecule has 0 unspecified atom stereocenters. The number of methoxy groups -OCH3 is 1. The quantitative estimate of drug-likeness (QED) is 0.819. The van der Waals surface area contributed by atoms with Crippen LogP contribution in [0.1, 0.15) is 13.3 Å². The fraction of sp³-hybridized carbons (Fsp3) is 0.250. The summed E-state index contributed by atoms with van der Waals surface area (Å²) in [5.41, 5.74) is 0.696. The van der Waals surface area contributed by atoms with E-state index in [-0.39, 0.29) is 6.03 Å². The lowest BCUT2D eigenvalue weighted by Gasteiger charge is -2.06. The van der Waals surface area contributed by atoms with Crippen molar-refractivity contribution >= 4 is 11.7 Å². The molecule has 0 aliphatic heterocycles. The van der Waals surface area contributed by atoms with Gasteiger partial charge in [0.2, 0.25) is 0 Å². The van der Waals surface area contributed by atoms with E-state index in [2.05, 4.69) is 10.6 Å². The minimum Gasteiger partial charge on any atom is -0.497 e. The van der Waals surface area contributed by atoms with Gasteiger partial charge in [0.05, 0.1) is 7.11 Å². The number of nitrogens with one attached hydrogen (secondary N) is 2. The molecule has 4 nitrogen and oxygen atoms in total. The van der Waals surface area contributed by atoms with Crippen molar-refractivity contribution in [2.45, 2.75) is 13.3 Å². The second-order valence-corrected chi connectivity index (χ2v) is 3.14. The molecule has 0 bridgehead atoms. The van der Waals surface area contributed by atoms with Crippen molar-refractivity contribution in [1.29, 1.82) is 0 Å². The van der Waals surface area contributed by atoms with Gasteiger partial charge in [-0.3, -0.25) is 0 Å². The van der Waals surface area contributed by atoms with Gasteiger partial charge in [-0.1, -0.05) is 19.1 Å². The van der Waals surface area contributed by atoms with Crippen LogP contribution in [0.2, 0.25) is 0 Å². The number of carbonyl (C=O) groups is 1. The second-order valence-electron chi connectivity index (χ2n) is 3.14. The Labute approximate surface area is 95.3 Å². The van der Waals surface area contributed by atoms with E-state index in [4.69, 9.17) is 4.74 Å². The first-order valence-corrected chi connectivity index (χ1v) is 5.13. The highest BCUT2D eigenvalue weighted by Gasteiger charge is 1.99. The molecule has 0 saturated heterocycles. The van der Waals surface area contributed by atoms with Gasteiger partial charge in [0, 0.05) is 18.0 Å². The summed E-state index contributed by atoms with van der Waals surface area (Å²) in [6.45, 7) is 2.00. The number of ether oxygens (including phenoxy) is 1. The monoisotopic (exact) mass is 220 g/mol. The minimum atomic E-state index is -0.266. The highest BCUT2D eigenvalue weighted by atomic mass is 16.5. The summed E-state index contributed by atoms with van der Waals surface area (Å²) in [5.74, 6) is 0.710. The predicted molar refractivity (Wildman–Crippen MR) is 64.6 cm³/mol. The molecule has 86 valence electrons. The van der Waals surface area contributed by atoms with E-state index >= 15 is 0 Å². The molecule has 4 heteroatoms. The van der Waals surface area contributed by atoms with Gasteiger partial charge in [-0.2, -0.15) is 0 Å². The fourth-order valence-electron chi connectivity index (χ4n) is 1.12. The highest BCUT2D eigenvalue weighted by Crippen LogP contribution is 2.16. The molecule has 0 aliphatic rings. The van der Waals surface area contributed by atoms with Crippen LogP contribution in [0.4, 0.5) is 10.5 Å². The maximum absolute atomic E-state index is 11.4. The van der Waals surface area contributed by atoms with Crippen LogP contribution >= 0.6 is 0 Å².